The number of ether oxygens (including phenoxy) is 1. The summed E-state index contributed by atoms with van der Waals surface area (Å²) in [7, 11) is 0. The van der Waals surface area contributed by atoms with Crippen molar-refractivity contribution in [1.82, 2.24) is 10.3 Å². The van der Waals surface area contributed by atoms with Gasteiger partial charge in [0.2, 0.25) is 0 Å². The minimum atomic E-state index is 0. The lowest BCUT2D eigenvalue weighted by atomic mass is 10.2. The molecule has 0 saturated heterocycles. The van der Waals surface area contributed by atoms with Crippen molar-refractivity contribution in [2.75, 3.05) is 0 Å². The molecule has 0 amide bonds. The normalized spacial score (nSPS) is 10.3. The molecule has 1 aromatic heterocycles. The molecule has 0 aliphatic rings. The fraction of sp³-hybridized carbons (Fsp3) is 0.150. The molecule has 1 N–H and O–H groups in total. The van der Waals surface area contributed by atoms with Gasteiger partial charge in [0.1, 0.15) is 12.4 Å². The molecule has 27 heavy (non-hydrogen) atoms. The molecular formula is C20H18Cl4N2O. The number of aromatic nitrogens is 1. The molecular weight excluding hydrogens is 426 g/mol. The van der Waals surface area contributed by atoms with E-state index >= 15 is 0 Å². The third kappa shape index (κ3) is 6.56. The van der Waals surface area contributed by atoms with E-state index < -0.39 is 0 Å². The Bertz CT molecular complexity index is 875. The lowest BCUT2D eigenvalue weighted by Crippen LogP contribution is -2.14. The fourth-order valence-electron chi connectivity index (χ4n) is 2.47. The monoisotopic (exact) mass is 442 g/mol. The van der Waals surface area contributed by atoms with Crippen LogP contribution < -0.4 is 10.1 Å². The van der Waals surface area contributed by atoms with Crippen LogP contribution in [0.5, 0.6) is 5.75 Å². The minimum Gasteiger partial charge on any atom is -0.489 e. The number of hydrogen-bond acceptors (Lipinski definition) is 3. The minimum absolute atomic E-state index is 0. The van der Waals surface area contributed by atoms with Crippen LogP contribution in [-0.2, 0) is 19.7 Å². The van der Waals surface area contributed by atoms with Crippen LogP contribution in [0.4, 0.5) is 0 Å². The van der Waals surface area contributed by atoms with Crippen molar-refractivity contribution >= 4 is 47.2 Å². The molecule has 0 atom stereocenters. The number of benzene rings is 2. The van der Waals surface area contributed by atoms with Crippen LogP contribution in [0.3, 0.4) is 0 Å². The van der Waals surface area contributed by atoms with Gasteiger partial charge in [-0.05, 0) is 42.0 Å². The van der Waals surface area contributed by atoms with Crippen LogP contribution >= 0.6 is 47.2 Å². The number of halogens is 4. The van der Waals surface area contributed by atoms with Gasteiger partial charge in [-0.15, -0.1) is 12.4 Å². The summed E-state index contributed by atoms with van der Waals surface area (Å²) in [5.74, 6) is 0.763. The van der Waals surface area contributed by atoms with Crippen LogP contribution in [0.15, 0.2) is 60.9 Å². The molecule has 7 heteroatoms. The molecule has 0 saturated carbocycles. The maximum atomic E-state index is 6.21. The molecule has 0 unspecified atom stereocenters. The second-order valence-electron chi connectivity index (χ2n) is 5.74. The van der Waals surface area contributed by atoms with Crippen molar-refractivity contribution < 1.29 is 4.74 Å². The van der Waals surface area contributed by atoms with Crippen molar-refractivity contribution in [2.24, 2.45) is 0 Å². The Hall–Kier alpha value is -1.49. The Morgan fingerprint density at radius 3 is 2.41 bits per heavy atom. The SMILES string of the molecule is Cl.Clc1ccc(COc2ccc(Cl)cc2CNCc2cccnc2)c(Cl)c1. The molecule has 3 rings (SSSR count). The van der Waals surface area contributed by atoms with Crippen molar-refractivity contribution in [3.05, 3.63) is 92.7 Å². The van der Waals surface area contributed by atoms with Gasteiger partial charge >= 0.3 is 0 Å². The molecule has 0 spiro atoms. The molecule has 0 aliphatic carbocycles. The zero-order valence-corrected chi connectivity index (χ0v) is 17.4. The number of nitrogens with zero attached hydrogens (tertiary/aromatic N) is 1. The van der Waals surface area contributed by atoms with Crippen molar-refractivity contribution in [3.8, 4) is 5.75 Å². The second kappa shape index (κ2) is 10.7. The predicted octanol–water partition coefficient (Wildman–Crippen LogP) is 6.33. The summed E-state index contributed by atoms with van der Waals surface area (Å²) in [5.41, 5.74) is 2.97. The number of rotatable bonds is 7. The van der Waals surface area contributed by atoms with E-state index in [4.69, 9.17) is 39.5 Å². The molecule has 0 bridgehead atoms. The van der Waals surface area contributed by atoms with Crippen LogP contribution in [0, 0.1) is 0 Å². The Morgan fingerprint density at radius 1 is 0.889 bits per heavy atom. The van der Waals surface area contributed by atoms with Crippen molar-refractivity contribution in [3.63, 3.8) is 0 Å². The average molecular weight is 444 g/mol. The summed E-state index contributed by atoms with van der Waals surface area (Å²) in [6.07, 6.45) is 3.60. The van der Waals surface area contributed by atoms with Crippen LogP contribution in [0.25, 0.3) is 0 Å². The summed E-state index contributed by atoms with van der Waals surface area (Å²) in [5, 5.41) is 5.24. The van der Waals surface area contributed by atoms with Gasteiger partial charge in [-0.1, -0.05) is 46.9 Å². The van der Waals surface area contributed by atoms with Gasteiger partial charge in [0.25, 0.3) is 0 Å². The highest BCUT2D eigenvalue weighted by Crippen LogP contribution is 2.26. The van der Waals surface area contributed by atoms with Crippen molar-refractivity contribution in [2.45, 2.75) is 19.7 Å². The van der Waals surface area contributed by atoms with E-state index in [2.05, 4.69) is 10.3 Å². The molecule has 1 heterocycles. The fourth-order valence-corrected chi connectivity index (χ4v) is 3.12. The van der Waals surface area contributed by atoms with Crippen molar-refractivity contribution in [1.29, 1.82) is 0 Å². The first-order chi connectivity index (χ1) is 12.6. The van der Waals surface area contributed by atoms with Crippen LogP contribution in [0.1, 0.15) is 16.7 Å². The molecule has 3 aromatic rings. The van der Waals surface area contributed by atoms with Gasteiger partial charge < -0.3 is 10.1 Å². The lowest BCUT2D eigenvalue weighted by Gasteiger charge is -2.14. The third-order valence-corrected chi connectivity index (χ3v) is 4.61. The van der Waals surface area contributed by atoms with Gasteiger partial charge in [0.15, 0.2) is 0 Å². The molecule has 0 aliphatic heterocycles. The van der Waals surface area contributed by atoms with Gasteiger partial charge in [-0.2, -0.15) is 0 Å². The molecule has 3 nitrogen and oxygen atoms in total. The zero-order valence-electron chi connectivity index (χ0n) is 14.3. The Balaban J connectivity index is 0.00000261. The number of nitrogens with one attached hydrogen (secondary N) is 1. The van der Waals surface area contributed by atoms with E-state index in [0.29, 0.717) is 34.8 Å². The Labute approximate surface area is 180 Å². The number of pyridine rings is 1. The Kier molecular flexibility index (Phi) is 8.68. The quantitative estimate of drug-likeness (QED) is 0.463. The van der Waals surface area contributed by atoms with E-state index in [-0.39, 0.29) is 12.4 Å². The largest absolute Gasteiger partial charge is 0.489 e. The zero-order chi connectivity index (χ0) is 18.4. The van der Waals surface area contributed by atoms with E-state index in [1.807, 2.05) is 42.6 Å². The Morgan fingerprint density at radius 2 is 1.67 bits per heavy atom. The summed E-state index contributed by atoms with van der Waals surface area (Å²) >= 11 is 18.3. The molecule has 142 valence electrons. The third-order valence-electron chi connectivity index (χ3n) is 3.79. The van der Waals surface area contributed by atoms with E-state index in [9.17, 15) is 0 Å². The van der Waals surface area contributed by atoms with E-state index in [1.165, 1.54) is 0 Å². The maximum Gasteiger partial charge on any atom is 0.124 e. The van der Waals surface area contributed by atoms with E-state index in [1.54, 1.807) is 18.3 Å². The predicted molar refractivity (Wildman–Crippen MR) is 114 cm³/mol. The summed E-state index contributed by atoms with van der Waals surface area (Å²) < 4.78 is 5.96. The molecule has 0 radical (unpaired) electrons. The standard InChI is InChI=1S/C20H17Cl3N2O.ClH/c21-17-5-6-20(26-13-15-3-4-18(22)9-19(15)23)16(8-17)12-25-11-14-2-1-7-24-10-14;/h1-10,25H,11-13H2;1H. The van der Waals surface area contributed by atoms with Crippen LogP contribution in [0.2, 0.25) is 15.1 Å². The second-order valence-corrected chi connectivity index (χ2v) is 7.02. The first-order valence-corrected chi connectivity index (χ1v) is 9.20. The smallest absolute Gasteiger partial charge is 0.124 e. The highest BCUT2D eigenvalue weighted by Gasteiger charge is 2.08. The first kappa shape index (κ1) is 21.8. The molecule has 0 fully saturated rings. The molecule has 2 aromatic carbocycles. The van der Waals surface area contributed by atoms with Gasteiger partial charge in [0, 0.05) is 51.7 Å². The maximum absolute atomic E-state index is 6.21. The van der Waals surface area contributed by atoms with E-state index in [0.717, 1.165) is 22.4 Å². The first-order valence-electron chi connectivity index (χ1n) is 8.06. The summed E-state index contributed by atoms with van der Waals surface area (Å²) in [6, 6.07) is 14.9. The average Bonchev–Trinajstić information content (AvgIpc) is 2.63. The van der Waals surface area contributed by atoms with Gasteiger partial charge in [-0.25, -0.2) is 0 Å². The highest BCUT2D eigenvalue weighted by atomic mass is 35.5. The van der Waals surface area contributed by atoms with Gasteiger partial charge in [-0.3, -0.25) is 4.98 Å². The highest BCUT2D eigenvalue weighted by molar-refractivity contribution is 6.35. The summed E-state index contributed by atoms with van der Waals surface area (Å²) in [6.45, 7) is 1.69. The van der Waals surface area contributed by atoms with Crippen LogP contribution in [-0.4, -0.2) is 4.98 Å². The number of hydrogen-bond donors (Lipinski definition) is 1. The summed E-state index contributed by atoms with van der Waals surface area (Å²) in [4.78, 5) is 4.11. The topological polar surface area (TPSA) is 34.1 Å². The lowest BCUT2D eigenvalue weighted by molar-refractivity contribution is 0.302. The van der Waals surface area contributed by atoms with Gasteiger partial charge in [0.05, 0.1) is 0 Å².